The van der Waals surface area contributed by atoms with Gasteiger partial charge in [0.25, 0.3) is 0 Å². The van der Waals surface area contributed by atoms with Gasteiger partial charge in [0.1, 0.15) is 0 Å². The summed E-state index contributed by atoms with van der Waals surface area (Å²) < 4.78 is 4.91. The third kappa shape index (κ3) is 4.98. The van der Waals surface area contributed by atoms with E-state index in [0.29, 0.717) is 12.8 Å². The number of aryl methyl sites for hydroxylation is 1. The largest absolute Gasteiger partial charge is 0.469 e. The Kier molecular flexibility index (Phi) is 7.37. The van der Waals surface area contributed by atoms with Gasteiger partial charge in [-0.05, 0) is 19.1 Å². The number of carbonyl (C=O) groups is 1. The molecule has 0 fully saturated rings. The van der Waals surface area contributed by atoms with E-state index in [1.807, 2.05) is 17.1 Å². The van der Waals surface area contributed by atoms with Crippen LogP contribution in [-0.4, -0.2) is 35.6 Å². The third-order valence-electron chi connectivity index (χ3n) is 3.65. The molecular weight excluding hydrogens is 292 g/mol. The molecule has 0 bridgehead atoms. The van der Waals surface area contributed by atoms with Crippen molar-refractivity contribution in [3.8, 4) is 0 Å². The van der Waals surface area contributed by atoms with Crippen molar-refractivity contribution in [3.63, 3.8) is 0 Å². The van der Waals surface area contributed by atoms with E-state index in [0.717, 1.165) is 30.2 Å². The summed E-state index contributed by atoms with van der Waals surface area (Å²) >= 11 is 3.51. The standard InChI is InChI=1S/C14H24N2O2S2/c1-5-14(6-2,19-4)10-15-13-16-11(9-20-13)7-8-12(17)18-3/h9H,5-8,10H2,1-4H3,(H,15,16). The van der Waals surface area contributed by atoms with Crippen LogP contribution in [0.25, 0.3) is 0 Å². The second kappa shape index (κ2) is 8.52. The summed E-state index contributed by atoms with van der Waals surface area (Å²) in [7, 11) is 1.41. The first kappa shape index (κ1) is 17.3. The average molecular weight is 316 g/mol. The van der Waals surface area contributed by atoms with E-state index < -0.39 is 0 Å². The lowest BCUT2D eigenvalue weighted by molar-refractivity contribution is -0.140. The average Bonchev–Trinajstić information content (AvgIpc) is 2.95. The first-order valence-electron chi connectivity index (χ1n) is 6.89. The molecule has 1 aromatic rings. The van der Waals surface area contributed by atoms with Crippen molar-refractivity contribution in [2.75, 3.05) is 25.2 Å². The Labute approximate surface area is 129 Å². The smallest absolute Gasteiger partial charge is 0.305 e. The summed E-state index contributed by atoms with van der Waals surface area (Å²) in [5.74, 6) is -0.189. The van der Waals surface area contributed by atoms with Gasteiger partial charge in [-0.1, -0.05) is 13.8 Å². The molecule has 0 amide bonds. The van der Waals surface area contributed by atoms with E-state index >= 15 is 0 Å². The van der Waals surface area contributed by atoms with Crippen molar-refractivity contribution >= 4 is 34.2 Å². The number of thioether (sulfide) groups is 1. The number of esters is 1. The molecular formula is C14H24N2O2S2. The van der Waals surface area contributed by atoms with Gasteiger partial charge in [-0.25, -0.2) is 4.98 Å². The predicted molar refractivity (Wildman–Crippen MR) is 87.8 cm³/mol. The Morgan fingerprint density at radius 2 is 2.20 bits per heavy atom. The highest BCUT2D eigenvalue weighted by molar-refractivity contribution is 8.00. The number of thiazole rings is 1. The van der Waals surface area contributed by atoms with Gasteiger partial charge in [0.15, 0.2) is 5.13 Å². The lowest BCUT2D eigenvalue weighted by Gasteiger charge is -2.29. The number of hydrogen-bond acceptors (Lipinski definition) is 6. The maximum absolute atomic E-state index is 11.1. The Bertz CT molecular complexity index is 409. The topological polar surface area (TPSA) is 51.2 Å². The van der Waals surface area contributed by atoms with Crippen LogP contribution in [0.2, 0.25) is 0 Å². The number of nitrogens with zero attached hydrogens (tertiary/aromatic N) is 1. The quantitative estimate of drug-likeness (QED) is 0.706. The van der Waals surface area contributed by atoms with Gasteiger partial charge in [0.2, 0.25) is 0 Å². The highest BCUT2D eigenvalue weighted by Gasteiger charge is 2.24. The number of rotatable bonds is 9. The van der Waals surface area contributed by atoms with Crippen LogP contribution in [0.15, 0.2) is 5.38 Å². The Morgan fingerprint density at radius 3 is 2.75 bits per heavy atom. The summed E-state index contributed by atoms with van der Waals surface area (Å²) in [5, 5.41) is 6.37. The summed E-state index contributed by atoms with van der Waals surface area (Å²) in [6.07, 6.45) is 5.47. The Balaban J connectivity index is 2.49. The fourth-order valence-electron chi connectivity index (χ4n) is 1.93. The maximum atomic E-state index is 11.1. The Hall–Kier alpha value is -0.750. The summed E-state index contributed by atoms with van der Waals surface area (Å²) in [5.41, 5.74) is 0.950. The minimum absolute atomic E-state index is 0.189. The van der Waals surface area contributed by atoms with E-state index in [-0.39, 0.29) is 10.7 Å². The molecule has 1 rings (SSSR count). The monoisotopic (exact) mass is 316 g/mol. The normalized spacial score (nSPS) is 11.4. The number of ether oxygens (including phenoxy) is 1. The zero-order chi connectivity index (χ0) is 15.0. The van der Waals surface area contributed by atoms with Crippen LogP contribution in [0.5, 0.6) is 0 Å². The number of nitrogens with one attached hydrogen (secondary N) is 1. The highest BCUT2D eigenvalue weighted by atomic mass is 32.2. The van der Waals surface area contributed by atoms with Crippen LogP contribution < -0.4 is 5.32 Å². The van der Waals surface area contributed by atoms with Crippen molar-refractivity contribution in [1.29, 1.82) is 0 Å². The van der Waals surface area contributed by atoms with Gasteiger partial charge in [-0.15, -0.1) is 11.3 Å². The summed E-state index contributed by atoms with van der Waals surface area (Å²) in [6.45, 7) is 5.38. The zero-order valence-electron chi connectivity index (χ0n) is 12.7. The first-order valence-corrected chi connectivity index (χ1v) is 8.99. The highest BCUT2D eigenvalue weighted by Crippen LogP contribution is 2.31. The number of aromatic nitrogens is 1. The molecule has 0 aliphatic carbocycles. The molecule has 0 aliphatic rings. The van der Waals surface area contributed by atoms with Gasteiger partial charge >= 0.3 is 5.97 Å². The van der Waals surface area contributed by atoms with E-state index in [9.17, 15) is 4.79 Å². The molecule has 1 heterocycles. The van der Waals surface area contributed by atoms with E-state index in [1.54, 1.807) is 11.3 Å². The van der Waals surface area contributed by atoms with Crippen molar-refractivity contribution in [1.82, 2.24) is 4.98 Å². The van der Waals surface area contributed by atoms with E-state index in [4.69, 9.17) is 0 Å². The van der Waals surface area contributed by atoms with Crippen LogP contribution in [-0.2, 0) is 16.0 Å². The van der Waals surface area contributed by atoms with Crippen molar-refractivity contribution in [3.05, 3.63) is 11.1 Å². The lowest BCUT2D eigenvalue weighted by atomic mass is 10.0. The van der Waals surface area contributed by atoms with Gasteiger partial charge in [-0.2, -0.15) is 11.8 Å². The van der Waals surface area contributed by atoms with Gasteiger partial charge < -0.3 is 10.1 Å². The molecule has 0 atom stereocenters. The van der Waals surface area contributed by atoms with E-state index in [2.05, 4.69) is 35.1 Å². The molecule has 0 saturated heterocycles. The van der Waals surface area contributed by atoms with Crippen LogP contribution >= 0.6 is 23.1 Å². The van der Waals surface area contributed by atoms with Gasteiger partial charge in [-0.3, -0.25) is 4.79 Å². The molecule has 0 radical (unpaired) electrons. The fourth-order valence-corrected chi connectivity index (χ4v) is 3.47. The minimum Gasteiger partial charge on any atom is -0.469 e. The molecule has 0 saturated carbocycles. The third-order valence-corrected chi connectivity index (χ3v) is 6.08. The number of methoxy groups -OCH3 is 1. The predicted octanol–water partition coefficient (Wildman–Crippen LogP) is 3.58. The SMILES string of the molecule is CCC(CC)(CNc1nc(CCC(=O)OC)cs1)SC. The molecule has 0 unspecified atom stereocenters. The molecule has 4 nitrogen and oxygen atoms in total. The van der Waals surface area contributed by atoms with Crippen molar-refractivity contribution < 1.29 is 9.53 Å². The number of carbonyl (C=O) groups excluding carboxylic acids is 1. The summed E-state index contributed by atoms with van der Waals surface area (Å²) in [6, 6.07) is 0. The van der Waals surface area contributed by atoms with Crippen LogP contribution in [0.4, 0.5) is 5.13 Å². The minimum atomic E-state index is -0.189. The van der Waals surface area contributed by atoms with Crippen LogP contribution in [0.3, 0.4) is 0 Å². The Morgan fingerprint density at radius 1 is 1.50 bits per heavy atom. The fraction of sp³-hybridized carbons (Fsp3) is 0.714. The number of hydrogen-bond donors (Lipinski definition) is 1. The molecule has 6 heteroatoms. The molecule has 0 aromatic carbocycles. The molecule has 20 heavy (non-hydrogen) atoms. The first-order chi connectivity index (χ1) is 9.59. The zero-order valence-corrected chi connectivity index (χ0v) is 14.3. The van der Waals surface area contributed by atoms with E-state index in [1.165, 1.54) is 7.11 Å². The van der Waals surface area contributed by atoms with Crippen LogP contribution in [0.1, 0.15) is 38.8 Å². The van der Waals surface area contributed by atoms with Crippen LogP contribution in [0, 0.1) is 0 Å². The molecule has 1 N–H and O–H groups in total. The second-order valence-corrected chi connectivity index (χ2v) is 6.80. The summed E-state index contributed by atoms with van der Waals surface area (Å²) in [4.78, 5) is 15.6. The molecule has 0 aliphatic heterocycles. The van der Waals surface area contributed by atoms with Crippen molar-refractivity contribution in [2.45, 2.75) is 44.3 Å². The van der Waals surface area contributed by atoms with Crippen molar-refractivity contribution in [2.24, 2.45) is 0 Å². The second-order valence-electron chi connectivity index (χ2n) is 4.67. The molecule has 0 spiro atoms. The molecule has 114 valence electrons. The molecule has 1 aromatic heterocycles. The van der Waals surface area contributed by atoms with Gasteiger partial charge in [0, 0.05) is 23.1 Å². The maximum Gasteiger partial charge on any atom is 0.305 e. The number of anilines is 1. The lowest BCUT2D eigenvalue weighted by Crippen LogP contribution is -2.31. The van der Waals surface area contributed by atoms with Gasteiger partial charge in [0.05, 0.1) is 19.2 Å².